The molecule has 2 heteroatoms. The number of aryl methyl sites for hydroxylation is 1. The third kappa shape index (κ3) is 3.14. The molecular weight excluding hydrogens is 220 g/mol. The van der Waals surface area contributed by atoms with Gasteiger partial charge in [0.25, 0.3) is 0 Å². The van der Waals surface area contributed by atoms with Gasteiger partial charge in [0.2, 0.25) is 0 Å². The fourth-order valence-corrected chi connectivity index (χ4v) is 2.43. The summed E-state index contributed by atoms with van der Waals surface area (Å²) in [5, 5.41) is 4.55. The molecule has 1 N–H and O–H groups in total. The lowest BCUT2D eigenvalue weighted by atomic mass is 10.1. The Morgan fingerprint density at radius 1 is 1.22 bits per heavy atom. The number of nitrogens with one attached hydrogen (secondary N) is 1. The van der Waals surface area contributed by atoms with Crippen LogP contribution in [0.15, 0.2) is 30.5 Å². The zero-order valence-corrected chi connectivity index (χ0v) is 11.7. The molecule has 0 aliphatic rings. The molecule has 1 aromatic heterocycles. The van der Waals surface area contributed by atoms with E-state index < -0.39 is 0 Å². The van der Waals surface area contributed by atoms with E-state index in [1.165, 1.54) is 29.3 Å². The number of fused-ring (bicyclic) bond motifs is 1. The van der Waals surface area contributed by atoms with Crippen molar-refractivity contribution in [3.05, 3.63) is 36.0 Å². The smallest absolute Gasteiger partial charge is 0.0480 e. The Morgan fingerprint density at radius 3 is 2.78 bits per heavy atom. The first-order chi connectivity index (χ1) is 8.70. The highest BCUT2D eigenvalue weighted by molar-refractivity contribution is 5.80. The van der Waals surface area contributed by atoms with Crippen molar-refractivity contribution in [2.45, 2.75) is 39.8 Å². The van der Waals surface area contributed by atoms with Crippen molar-refractivity contribution in [3.63, 3.8) is 0 Å². The molecule has 0 saturated carbocycles. The van der Waals surface area contributed by atoms with Gasteiger partial charge in [0.1, 0.15) is 0 Å². The molecule has 1 aromatic carbocycles. The maximum atomic E-state index is 3.20. The van der Waals surface area contributed by atoms with Gasteiger partial charge >= 0.3 is 0 Å². The first-order valence-corrected chi connectivity index (χ1v) is 6.93. The summed E-state index contributed by atoms with van der Waals surface area (Å²) in [6, 6.07) is 8.98. The first kappa shape index (κ1) is 13.2. The van der Waals surface area contributed by atoms with Crippen molar-refractivity contribution in [1.29, 1.82) is 0 Å². The van der Waals surface area contributed by atoms with Crippen molar-refractivity contribution in [2.24, 2.45) is 5.92 Å². The van der Waals surface area contributed by atoms with Crippen molar-refractivity contribution in [2.75, 3.05) is 7.05 Å². The van der Waals surface area contributed by atoms with Gasteiger partial charge in [-0.05, 0) is 55.0 Å². The second kappa shape index (κ2) is 6.05. The second-order valence-corrected chi connectivity index (χ2v) is 5.47. The van der Waals surface area contributed by atoms with Gasteiger partial charge in [-0.25, -0.2) is 0 Å². The molecule has 0 saturated heterocycles. The minimum Gasteiger partial charge on any atom is -0.347 e. The molecule has 0 unspecified atom stereocenters. The van der Waals surface area contributed by atoms with Crippen molar-refractivity contribution in [3.8, 4) is 0 Å². The van der Waals surface area contributed by atoms with Gasteiger partial charge in [-0.3, -0.25) is 0 Å². The zero-order chi connectivity index (χ0) is 13.0. The lowest BCUT2D eigenvalue weighted by molar-refractivity contribution is 0.518. The highest BCUT2D eigenvalue weighted by atomic mass is 14.9. The molecular formula is C16H24N2. The van der Waals surface area contributed by atoms with E-state index >= 15 is 0 Å². The lowest BCUT2D eigenvalue weighted by Gasteiger charge is -2.08. The Morgan fingerprint density at radius 2 is 2.06 bits per heavy atom. The summed E-state index contributed by atoms with van der Waals surface area (Å²) in [5.74, 6) is 0.800. The summed E-state index contributed by atoms with van der Waals surface area (Å²) in [4.78, 5) is 0. The average Bonchev–Trinajstić information content (AvgIpc) is 2.72. The Hall–Kier alpha value is -1.28. The van der Waals surface area contributed by atoms with E-state index in [0.29, 0.717) is 0 Å². The molecule has 0 bridgehead atoms. The predicted molar refractivity (Wildman–Crippen MR) is 78.8 cm³/mol. The molecule has 0 aliphatic carbocycles. The topological polar surface area (TPSA) is 17.0 Å². The van der Waals surface area contributed by atoms with E-state index in [1.54, 1.807) is 0 Å². The van der Waals surface area contributed by atoms with E-state index in [2.05, 4.69) is 54.2 Å². The van der Waals surface area contributed by atoms with E-state index in [-0.39, 0.29) is 0 Å². The van der Waals surface area contributed by atoms with Crippen LogP contribution >= 0.6 is 0 Å². The van der Waals surface area contributed by atoms with Crippen LogP contribution in [0.1, 0.15) is 32.3 Å². The van der Waals surface area contributed by atoms with Gasteiger partial charge in [0, 0.05) is 24.8 Å². The molecule has 2 nitrogen and oxygen atoms in total. The number of benzene rings is 1. The molecule has 0 aliphatic heterocycles. The minimum absolute atomic E-state index is 0.800. The Balaban J connectivity index is 2.10. The summed E-state index contributed by atoms with van der Waals surface area (Å²) >= 11 is 0. The molecule has 2 aromatic rings. The standard InChI is InChI=1S/C16H24N2/c1-13(2)5-4-9-18-10-8-15-11-14(12-17-3)6-7-16(15)18/h6-8,10-11,13,17H,4-5,9,12H2,1-3H3. The molecule has 1 heterocycles. The van der Waals surface area contributed by atoms with Crippen LogP contribution in [0.4, 0.5) is 0 Å². The molecule has 0 atom stereocenters. The molecule has 0 amide bonds. The number of aromatic nitrogens is 1. The SMILES string of the molecule is CNCc1ccc2c(ccn2CCCC(C)C)c1. The van der Waals surface area contributed by atoms with Crippen LogP contribution in [0.25, 0.3) is 10.9 Å². The van der Waals surface area contributed by atoms with Crippen LogP contribution in [0, 0.1) is 5.92 Å². The zero-order valence-electron chi connectivity index (χ0n) is 11.7. The summed E-state index contributed by atoms with van der Waals surface area (Å²) in [6.45, 7) is 6.65. The number of hydrogen-bond donors (Lipinski definition) is 1. The molecule has 0 spiro atoms. The third-order valence-corrected chi connectivity index (χ3v) is 3.40. The highest BCUT2D eigenvalue weighted by Gasteiger charge is 2.02. The van der Waals surface area contributed by atoms with Crippen molar-refractivity contribution >= 4 is 10.9 Å². The second-order valence-electron chi connectivity index (χ2n) is 5.47. The van der Waals surface area contributed by atoms with Crippen LogP contribution in [-0.2, 0) is 13.1 Å². The average molecular weight is 244 g/mol. The monoisotopic (exact) mass is 244 g/mol. The lowest BCUT2D eigenvalue weighted by Crippen LogP contribution is -2.04. The Kier molecular flexibility index (Phi) is 4.43. The van der Waals surface area contributed by atoms with Crippen LogP contribution < -0.4 is 5.32 Å². The molecule has 0 radical (unpaired) electrons. The number of hydrogen-bond acceptors (Lipinski definition) is 1. The summed E-state index contributed by atoms with van der Waals surface area (Å²) < 4.78 is 2.38. The van der Waals surface area contributed by atoms with Crippen LogP contribution in [-0.4, -0.2) is 11.6 Å². The predicted octanol–water partition coefficient (Wildman–Crippen LogP) is 3.80. The van der Waals surface area contributed by atoms with E-state index in [0.717, 1.165) is 19.0 Å². The number of nitrogens with zero attached hydrogens (tertiary/aromatic N) is 1. The minimum atomic E-state index is 0.800. The highest BCUT2D eigenvalue weighted by Crippen LogP contribution is 2.19. The van der Waals surface area contributed by atoms with E-state index in [9.17, 15) is 0 Å². The summed E-state index contributed by atoms with van der Waals surface area (Å²) in [6.07, 6.45) is 4.78. The molecule has 0 fully saturated rings. The van der Waals surface area contributed by atoms with Crippen LogP contribution in [0.3, 0.4) is 0 Å². The fourth-order valence-electron chi connectivity index (χ4n) is 2.43. The van der Waals surface area contributed by atoms with Crippen LogP contribution in [0.2, 0.25) is 0 Å². The Labute approximate surface area is 110 Å². The van der Waals surface area contributed by atoms with Gasteiger partial charge in [-0.1, -0.05) is 19.9 Å². The van der Waals surface area contributed by atoms with Crippen molar-refractivity contribution < 1.29 is 0 Å². The van der Waals surface area contributed by atoms with E-state index in [1.807, 2.05) is 7.05 Å². The summed E-state index contributed by atoms with van der Waals surface area (Å²) in [7, 11) is 1.99. The number of rotatable bonds is 6. The van der Waals surface area contributed by atoms with Gasteiger partial charge < -0.3 is 9.88 Å². The van der Waals surface area contributed by atoms with E-state index in [4.69, 9.17) is 0 Å². The van der Waals surface area contributed by atoms with Gasteiger partial charge in [0.15, 0.2) is 0 Å². The largest absolute Gasteiger partial charge is 0.347 e. The Bertz CT molecular complexity index is 497. The normalized spacial score (nSPS) is 11.6. The quantitative estimate of drug-likeness (QED) is 0.818. The van der Waals surface area contributed by atoms with Crippen molar-refractivity contribution in [1.82, 2.24) is 9.88 Å². The molecule has 2 rings (SSSR count). The third-order valence-electron chi connectivity index (χ3n) is 3.40. The van der Waals surface area contributed by atoms with Gasteiger partial charge in [0.05, 0.1) is 0 Å². The maximum absolute atomic E-state index is 3.20. The fraction of sp³-hybridized carbons (Fsp3) is 0.500. The molecule has 18 heavy (non-hydrogen) atoms. The van der Waals surface area contributed by atoms with Crippen LogP contribution in [0.5, 0.6) is 0 Å². The summed E-state index contributed by atoms with van der Waals surface area (Å²) in [5.41, 5.74) is 2.71. The maximum Gasteiger partial charge on any atom is 0.0480 e. The van der Waals surface area contributed by atoms with Gasteiger partial charge in [-0.2, -0.15) is 0 Å². The van der Waals surface area contributed by atoms with Gasteiger partial charge in [-0.15, -0.1) is 0 Å². The molecule has 98 valence electrons. The first-order valence-electron chi connectivity index (χ1n) is 6.93.